The fraction of sp³-hybridized carbons (Fsp3) is 0.467. The Morgan fingerprint density at radius 3 is 2.35 bits per heavy atom. The summed E-state index contributed by atoms with van der Waals surface area (Å²) >= 11 is 0. The van der Waals surface area contributed by atoms with Gasteiger partial charge in [0, 0.05) is 12.0 Å². The molecule has 1 amide bonds. The number of hydrogen-bond acceptors (Lipinski definition) is 3. The van der Waals surface area contributed by atoms with Crippen LogP contribution in [0.3, 0.4) is 0 Å². The first-order valence-corrected chi connectivity index (χ1v) is 6.84. The summed E-state index contributed by atoms with van der Waals surface area (Å²) in [5.41, 5.74) is 5.72. The van der Waals surface area contributed by atoms with E-state index in [1.54, 1.807) is 0 Å². The zero-order chi connectivity index (χ0) is 14.5. The van der Waals surface area contributed by atoms with Gasteiger partial charge in [0.25, 0.3) is 0 Å². The molecule has 0 aromatic heterocycles. The molecule has 1 aliphatic heterocycles. The Balaban J connectivity index is 1.82. The van der Waals surface area contributed by atoms with Crippen LogP contribution < -0.4 is 5.73 Å². The van der Waals surface area contributed by atoms with Gasteiger partial charge >= 0.3 is 0 Å². The molecule has 1 aromatic carbocycles. The fourth-order valence-corrected chi connectivity index (χ4v) is 2.56. The summed E-state index contributed by atoms with van der Waals surface area (Å²) in [7, 11) is 0. The fourth-order valence-electron chi connectivity index (χ4n) is 2.56. The average Bonchev–Trinajstić information content (AvgIpc) is 2.41. The van der Waals surface area contributed by atoms with Crippen molar-refractivity contribution in [1.82, 2.24) is 4.90 Å². The van der Waals surface area contributed by atoms with Crippen molar-refractivity contribution in [2.75, 3.05) is 19.6 Å². The molecule has 1 aromatic rings. The van der Waals surface area contributed by atoms with Crippen molar-refractivity contribution in [3.05, 3.63) is 35.6 Å². The topological polar surface area (TPSA) is 63.4 Å². The number of hydrogen-bond donors (Lipinski definition) is 1. The maximum atomic E-state index is 12.8. The first kappa shape index (κ1) is 14.7. The summed E-state index contributed by atoms with van der Waals surface area (Å²) in [6, 6.07) is 5.62. The van der Waals surface area contributed by atoms with Gasteiger partial charge < -0.3 is 5.73 Å². The second-order valence-electron chi connectivity index (χ2n) is 5.32. The van der Waals surface area contributed by atoms with Crippen LogP contribution in [0.1, 0.15) is 29.6 Å². The SMILES string of the molecule is NC(=O)CC1CCN(CC(=O)c2ccc(F)cc2)CC1. The van der Waals surface area contributed by atoms with E-state index in [4.69, 9.17) is 5.73 Å². The molecule has 1 fully saturated rings. The quantitative estimate of drug-likeness (QED) is 0.832. The molecule has 1 aliphatic rings. The number of piperidine rings is 1. The first-order valence-electron chi connectivity index (χ1n) is 6.84. The number of amides is 1. The maximum Gasteiger partial charge on any atom is 0.217 e. The van der Waals surface area contributed by atoms with E-state index in [9.17, 15) is 14.0 Å². The lowest BCUT2D eigenvalue weighted by Crippen LogP contribution is -2.38. The Bertz CT molecular complexity index is 479. The molecule has 20 heavy (non-hydrogen) atoms. The molecule has 1 saturated heterocycles. The summed E-state index contributed by atoms with van der Waals surface area (Å²) in [6.07, 6.45) is 2.21. The van der Waals surface area contributed by atoms with Gasteiger partial charge in [-0.25, -0.2) is 4.39 Å². The Kier molecular flexibility index (Phi) is 4.84. The van der Waals surface area contributed by atoms with E-state index >= 15 is 0 Å². The Labute approximate surface area is 117 Å². The van der Waals surface area contributed by atoms with Crippen molar-refractivity contribution < 1.29 is 14.0 Å². The molecular formula is C15H19FN2O2. The third-order valence-corrected chi connectivity index (χ3v) is 3.73. The number of ketones is 1. The molecular weight excluding hydrogens is 259 g/mol. The van der Waals surface area contributed by atoms with E-state index in [1.807, 2.05) is 0 Å². The first-order chi connectivity index (χ1) is 9.54. The van der Waals surface area contributed by atoms with Gasteiger partial charge in [0.05, 0.1) is 6.54 Å². The highest BCUT2D eigenvalue weighted by atomic mass is 19.1. The molecule has 2 N–H and O–H groups in total. The molecule has 0 saturated carbocycles. The molecule has 0 radical (unpaired) electrons. The van der Waals surface area contributed by atoms with Crippen molar-refractivity contribution in [2.24, 2.45) is 11.7 Å². The van der Waals surface area contributed by atoms with Crippen LogP contribution in [0.5, 0.6) is 0 Å². The smallest absolute Gasteiger partial charge is 0.217 e. The Morgan fingerprint density at radius 2 is 1.80 bits per heavy atom. The molecule has 0 aliphatic carbocycles. The van der Waals surface area contributed by atoms with E-state index in [0.29, 0.717) is 24.4 Å². The predicted molar refractivity (Wildman–Crippen MR) is 73.7 cm³/mol. The third kappa shape index (κ3) is 4.13. The van der Waals surface area contributed by atoms with Crippen molar-refractivity contribution in [3.63, 3.8) is 0 Å². The van der Waals surface area contributed by atoms with Gasteiger partial charge in [-0.15, -0.1) is 0 Å². The van der Waals surface area contributed by atoms with Crippen LogP contribution in [0.25, 0.3) is 0 Å². The highest BCUT2D eigenvalue weighted by Crippen LogP contribution is 2.20. The summed E-state index contributed by atoms with van der Waals surface area (Å²) < 4.78 is 12.8. The summed E-state index contributed by atoms with van der Waals surface area (Å²) in [6.45, 7) is 1.94. The van der Waals surface area contributed by atoms with Gasteiger partial charge in [-0.1, -0.05) is 0 Å². The highest BCUT2D eigenvalue weighted by Gasteiger charge is 2.22. The second-order valence-corrected chi connectivity index (χ2v) is 5.32. The monoisotopic (exact) mass is 278 g/mol. The van der Waals surface area contributed by atoms with Crippen LogP contribution >= 0.6 is 0 Å². The summed E-state index contributed by atoms with van der Waals surface area (Å²) in [5, 5.41) is 0. The van der Waals surface area contributed by atoms with E-state index in [2.05, 4.69) is 4.90 Å². The van der Waals surface area contributed by atoms with E-state index in [0.717, 1.165) is 25.9 Å². The van der Waals surface area contributed by atoms with Crippen LogP contribution in [0.4, 0.5) is 4.39 Å². The van der Waals surface area contributed by atoms with Crippen molar-refractivity contribution in [2.45, 2.75) is 19.3 Å². The number of nitrogens with zero attached hydrogens (tertiary/aromatic N) is 1. The van der Waals surface area contributed by atoms with Gasteiger partial charge in [-0.3, -0.25) is 14.5 Å². The van der Waals surface area contributed by atoms with Crippen molar-refractivity contribution in [1.29, 1.82) is 0 Å². The van der Waals surface area contributed by atoms with Crippen LogP contribution in [0.2, 0.25) is 0 Å². The predicted octanol–water partition coefficient (Wildman–Crippen LogP) is 1.60. The lowest BCUT2D eigenvalue weighted by Gasteiger charge is -2.30. The number of carbonyl (C=O) groups excluding carboxylic acids is 2. The Hall–Kier alpha value is -1.75. The van der Waals surface area contributed by atoms with Gasteiger partial charge in [-0.05, 0) is 56.1 Å². The molecule has 0 spiro atoms. The van der Waals surface area contributed by atoms with Crippen LogP contribution in [0, 0.1) is 11.7 Å². The van der Waals surface area contributed by atoms with Crippen LogP contribution in [-0.4, -0.2) is 36.2 Å². The van der Waals surface area contributed by atoms with Crippen molar-refractivity contribution in [3.8, 4) is 0 Å². The van der Waals surface area contributed by atoms with E-state index < -0.39 is 0 Å². The lowest BCUT2D eigenvalue weighted by atomic mass is 9.93. The Morgan fingerprint density at radius 1 is 1.20 bits per heavy atom. The molecule has 0 bridgehead atoms. The number of Topliss-reactive ketones (excluding diaryl/α,β-unsaturated/α-hetero) is 1. The standard InChI is InChI=1S/C15H19FN2O2/c16-13-3-1-12(2-4-13)14(19)10-18-7-5-11(6-8-18)9-15(17)20/h1-4,11H,5-10H2,(H2,17,20). The molecule has 108 valence electrons. The van der Waals surface area contributed by atoms with E-state index in [1.165, 1.54) is 24.3 Å². The van der Waals surface area contributed by atoms with Gasteiger partial charge in [0.2, 0.25) is 5.91 Å². The van der Waals surface area contributed by atoms with Crippen LogP contribution in [-0.2, 0) is 4.79 Å². The lowest BCUT2D eigenvalue weighted by molar-refractivity contribution is -0.119. The zero-order valence-corrected chi connectivity index (χ0v) is 11.3. The molecule has 4 nitrogen and oxygen atoms in total. The highest BCUT2D eigenvalue weighted by molar-refractivity contribution is 5.97. The maximum absolute atomic E-state index is 12.8. The molecule has 0 unspecified atom stereocenters. The summed E-state index contributed by atoms with van der Waals surface area (Å²) in [4.78, 5) is 25.0. The summed E-state index contributed by atoms with van der Waals surface area (Å²) in [5.74, 6) is -0.261. The molecule has 2 rings (SSSR count). The van der Waals surface area contributed by atoms with Gasteiger partial charge in [-0.2, -0.15) is 0 Å². The number of benzene rings is 1. The minimum atomic E-state index is -0.339. The number of carbonyl (C=O) groups is 2. The number of nitrogens with two attached hydrogens (primary N) is 1. The zero-order valence-electron chi connectivity index (χ0n) is 11.3. The molecule has 5 heteroatoms. The van der Waals surface area contributed by atoms with Gasteiger partial charge in [0.15, 0.2) is 5.78 Å². The second kappa shape index (κ2) is 6.61. The number of primary amides is 1. The van der Waals surface area contributed by atoms with Crippen molar-refractivity contribution >= 4 is 11.7 Å². The minimum Gasteiger partial charge on any atom is -0.370 e. The largest absolute Gasteiger partial charge is 0.370 e. The third-order valence-electron chi connectivity index (χ3n) is 3.73. The normalized spacial score (nSPS) is 17.1. The minimum absolute atomic E-state index is 0.00153. The molecule has 1 heterocycles. The van der Waals surface area contributed by atoms with Crippen LogP contribution in [0.15, 0.2) is 24.3 Å². The number of likely N-dealkylation sites (tertiary alicyclic amines) is 1. The van der Waals surface area contributed by atoms with E-state index in [-0.39, 0.29) is 17.5 Å². The number of halogens is 1. The molecule has 0 atom stereocenters. The number of rotatable bonds is 5. The average molecular weight is 278 g/mol. The van der Waals surface area contributed by atoms with Gasteiger partial charge in [0.1, 0.15) is 5.82 Å².